The molecule has 0 spiro atoms. The number of rotatable bonds is 6. The summed E-state index contributed by atoms with van der Waals surface area (Å²) in [6.45, 7) is 10.6. The van der Waals surface area contributed by atoms with Gasteiger partial charge in [0.15, 0.2) is 0 Å². The molecule has 1 aliphatic rings. The van der Waals surface area contributed by atoms with Gasteiger partial charge in [-0.25, -0.2) is 4.79 Å². The molecule has 1 fully saturated rings. The van der Waals surface area contributed by atoms with Crippen molar-refractivity contribution in [2.45, 2.75) is 82.5 Å². The fraction of sp³-hybridized carbons (Fsp3) is 0.684. The lowest BCUT2D eigenvalue weighted by molar-refractivity contribution is 0.00295. The monoisotopic (exact) mass is 380 g/mol. The van der Waals surface area contributed by atoms with E-state index in [1.807, 2.05) is 37.8 Å². The van der Waals surface area contributed by atoms with E-state index >= 15 is 0 Å². The van der Waals surface area contributed by atoms with Gasteiger partial charge in [-0.15, -0.1) is 0 Å². The average Bonchev–Trinajstić information content (AvgIpc) is 2.85. The number of nitrogens with zero attached hydrogens (tertiary/aromatic N) is 2. The smallest absolute Gasteiger partial charge is 0.444 e. The molecule has 1 unspecified atom stereocenters. The highest BCUT2D eigenvalue weighted by Gasteiger charge is 2.43. The highest BCUT2D eigenvalue weighted by molar-refractivity contribution is 7.65. The molecule has 2 heterocycles. The van der Waals surface area contributed by atoms with Crippen LogP contribution >= 0.6 is 0 Å². The Morgan fingerprint density at radius 2 is 2.15 bits per heavy atom. The van der Waals surface area contributed by atoms with Crippen LogP contribution in [0.2, 0.25) is 0 Å². The molecule has 0 saturated carbocycles. The van der Waals surface area contributed by atoms with Gasteiger partial charge in [0, 0.05) is 28.4 Å². The predicted molar refractivity (Wildman–Crippen MR) is 103 cm³/mol. The van der Waals surface area contributed by atoms with E-state index in [0.29, 0.717) is 22.5 Å². The highest BCUT2D eigenvalue weighted by Crippen LogP contribution is 2.36. The van der Waals surface area contributed by atoms with Crippen molar-refractivity contribution in [3.63, 3.8) is 0 Å². The first-order valence-electron chi connectivity index (χ1n) is 9.15. The number of aromatic nitrogens is 1. The molecule has 1 aliphatic heterocycles. The Bertz CT molecular complexity index is 643. The van der Waals surface area contributed by atoms with Crippen molar-refractivity contribution in [1.29, 1.82) is 0 Å². The van der Waals surface area contributed by atoms with E-state index < -0.39 is 5.60 Å². The van der Waals surface area contributed by atoms with Crippen LogP contribution in [0.15, 0.2) is 23.2 Å². The molecule has 1 atom stereocenters. The number of hydrogen-bond acceptors (Lipinski definition) is 5. The molecule has 1 aromatic heterocycles. The Kier molecular flexibility index (Phi) is 6.55. The number of nitrogens with one attached hydrogen (secondary N) is 1. The molecule has 26 heavy (non-hydrogen) atoms. The lowest BCUT2D eigenvalue weighted by Crippen LogP contribution is -2.49. The molecule has 2 rings (SSSR count). The minimum absolute atomic E-state index is 0.179. The third kappa shape index (κ3) is 5.62. The Hall–Kier alpha value is -1.76. The third-order valence-corrected chi connectivity index (χ3v) is 4.92. The lowest BCUT2D eigenvalue weighted by atomic mass is 10.0. The SMILES string of the molecule is CC(C)(C)OC(=O)N1C(CCCNc2cccc([S+]=O)n2)CCC1(C)C. The molecular formula is C19H30N3O3S+. The molecule has 1 N–H and O–H groups in total. The van der Waals surface area contributed by atoms with Crippen molar-refractivity contribution in [3.8, 4) is 0 Å². The van der Waals surface area contributed by atoms with Gasteiger partial charge in [0.2, 0.25) is 0 Å². The highest BCUT2D eigenvalue weighted by atomic mass is 32.1. The summed E-state index contributed by atoms with van der Waals surface area (Å²) in [6, 6.07) is 5.56. The summed E-state index contributed by atoms with van der Waals surface area (Å²) in [4.78, 5) is 18.8. The van der Waals surface area contributed by atoms with Crippen molar-refractivity contribution < 1.29 is 13.7 Å². The van der Waals surface area contributed by atoms with Gasteiger partial charge >= 0.3 is 22.8 Å². The summed E-state index contributed by atoms with van der Waals surface area (Å²) in [7, 11) is 0. The molecule has 0 aliphatic carbocycles. The zero-order valence-corrected chi connectivity index (χ0v) is 17.2. The summed E-state index contributed by atoms with van der Waals surface area (Å²) in [5.41, 5.74) is -0.667. The Labute approximate surface area is 160 Å². The zero-order valence-electron chi connectivity index (χ0n) is 16.4. The molecule has 1 saturated heterocycles. The second-order valence-electron chi connectivity index (χ2n) is 8.37. The Morgan fingerprint density at radius 1 is 1.42 bits per heavy atom. The van der Waals surface area contributed by atoms with Crippen LogP contribution in [-0.4, -0.2) is 39.7 Å². The van der Waals surface area contributed by atoms with Gasteiger partial charge in [0.1, 0.15) is 11.4 Å². The van der Waals surface area contributed by atoms with Crippen LogP contribution in [0.1, 0.15) is 60.3 Å². The first-order valence-corrected chi connectivity index (χ1v) is 9.89. The van der Waals surface area contributed by atoms with E-state index in [0.717, 1.165) is 32.2 Å². The van der Waals surface area contributed by atoms with Gasteiger partial charge in [-0.3, -0.25) is 0 Å². The topological polar surface area (TPSA) is 71.5 Å². The van der Waals surface area contributed by atoms with Gasteiger partial charge in [-0.1, -0.05) is 6.07 Å². The molecule has 144 valence electrons. The summed E-state index contributed by atoms with van der Waals surface area (Å²) in [6.07, 6.45) is 3.57. The van der Waals surface area contributed by atoms with Crippen molar-refractivity contribution in [1.82, 2.24) is 9.88 Å². The maximum Gasteiger partial charge on any atom is 0.527 e. The standard InChI is InChI=1S/C19H30N3O3S/c1-18(2,3)25-17(23)22-14(11-12-19(22,4)5)8-7-13-20-15-9-6-10-16(21-15)26-24/h6,9-10,14H,7-8,11-13H2,1-5H3,(H,20,21)/q+1. The van der Waals surface area contributed by atoms with E-state index in [9.17, 15) is 9.00 Å². The lowest BCUT2D eigenvalue weighted by Gasteiger charge is -2.37. The second kappa shape index (κ2) is 8.29. The third-order valence-electron chi connectivity index (χ3n) is 4.53. The van der Waals surface area contributed by atoms with Gasteiger partial charge in [-0.2, -0.15) is 4.98 Å². The van der Waals surface area contributed by atoms with Crippen LogP contribution < -0.4 is 5.32 Å². The van der Waals surface area contributed by atoms with E-state index in [2.05, 4.69) is 24.1 Å². The number of hydrogen-bond donors (Lipinski definition) is 1. The van der Waals surface area contributed by atoms with Gasteiger partial charge in [-0.05, 0) is 66.4 Å². The second-order valence-corrected chi connectivity index (χ2v) is 8.95. The van der Waals surface area contributed by atoms with Crippen LogP contribution in [0.4, 0.5) is 10.6 Å². The fourth-order valence-electron chi connectivity index (χ4n) is 3.36. The van der Waals surface area contributed by atoms with E-state index in [-0.39, 0.29) is 17.7 Å². The molecule has 7 heteroatoms. The number of anilines is 1. The average molecular weight is 381 g/mol. The zero-order chi connectivity index (χ0) is 19.4. The molecule has 6 nitrogen and oxygen atoms in total. The first-order chi connectivity index (χ1) is 12.1. The molecule has 1 amide bonds. The maximum atomic E-state index is 12.7. The van der Waals surface area contributed by atoms with Crippen molar-refractivity contribution in [2.75, 3.05) is 11.9 Å². The van der Waals surface area contributed by atoms with Crippen LogP contribution in [0.3, 0.4) is 0 Å². The number of carbonyl (C=O) groups excluding carboxylic acids is 1. The van der Waals surface area contributed by atoms with Crippen LogP contribution in [0.5, 0.6) is 0 Å². The van der Waals surface area contributed by atoms with Crippen LogP contribution in [0.25, 0.3) is 0 Å². The van der Waals surface area contributed by atoms with Crippen molar-refractivity contribution in [3.05, 3.63) is 18.2 Å². The number of ether oxygens (including phenoxy) is 1. The van der Waals surface area contributed by atoms with Crippen molar-refractivity contribution in [2.24, 2.45) is 0 Å². The summed E-state index contributed by atoms with van der Waals surface area (Å²) >= 11 is 0.391. The van der Waals surface area contributed by atoms with Crippen LogP contribution in [-0.2, 0) is 20.6 Å². The summed E-state index contributed by atoms with van der Waals surface area (Å²) in [5, 5.41) is 3.71. The van der Waals surface area contributed by atoms with Crippen molar-refractivity contribution >= 4 is 23.6 Å². The van der Waals surface area contributed by atoms with Gasteiger partial charge in [0.25, 0.3) is 0 Å². The van der Waals surface area contributed by atoms with E-state index in [1.54, 1.807) is 6.07 Å². The Morgan fingerprint density at radius 3 is 2.81 bits per heavy atom. The molecule has 0 aromatic carbocycles. The summed E-state index contributed by atoms with van der Waals surface area (Å²) < 4.78 is 16.4. The number of carbonyl (C=O) groups is 1. The molecule has 1 aromatic rings. The maximum absolute atomic E-state index is 12.7. The van der Waals surface area contributed by atoms with Gasteiger partial charge < -0.3 is 15.0 Å². The Balaban J connectivity index is 1.88. The first kappa shape index (κ1) is 20.6. The molecule has 0 bridgehead atoms. The normalized spacial score (nSPS) is 19.3. The van der Waals surface area contributed by atoms with E-state index in [1.165, 1.54) is 0 Å². The predicted octanol–water partition coefficient (Wildman–Crippen LogP) is 4.24. The minimum atomic E-state index is -0.488. The minimum Gasteiger partial charge on any atom is -0.444 e. The van der Waals surface area contributed by atoms with Gasteiger partial charge in [0.05, 0.1) is 0 Å². The largest absolute Gasteiger partial charge is 0.527 e. The molecular weight excluding hydrogens is 350 g/mol. The number of amides is 1. The number of likely N-dealkylation sites (tertiary alicyclic amines) is 1. The quantitative estimate of drug-likeness (QED) is 0.590. The molecule has 0 radical (unpaired) electrons. The number of pyridine rings is 1. The van der Waals surface area contributed by atoms with Crippen LogP contribution in [0, 0.1) is 0 Å². The summed E-state index contributed by atoms with van der Waals surface area (Å²) in [5.74, 6) is 0.710. The fourth-order valence-corrected chi connectivity index (χ4v) is 3.63. The van der Waals surface area contributed by atoms with E-state index in [4.69, 9.17) is 4.74 Å².